The van der Waals surface area contributed by atoms with Crippen LogP contribution in [0.5, 0.6) is 0 Å². The van der Waals surface area contributed by atoms with E-state index in [0.717, 1.165) is 12.2 Å². The number of hydrogen-bond acceptors (Lipinski definition) is 4. The molecular weight excluding hydrogens is 244 g/mol. The lowest BCUT2D eigenvalue weighted by Crippen LogP contribution is -2.32. The van der Waals surface area contributed by atoms with Gasteiger partial charge in [0.2, 0.25) is 0 Å². The average molecular weight is 262 g/mol. The second-order valence-corrected chi connectivity index (χ2v) is 4.88. The Hall–Kier alpha value is -1.88. The van der Waals surface area contributed by atoms with Crippen LogP contribution in [0.15, 0.2) is 18.2 Å². The number of ketones is 1. The molecule has 5 nitrogen and oxygen atoms in total. The molecule has 1 aliphatic heterocycles. The van der Waals surface area contributed by atoms with E-state index in [1.54, 1.807) is 6.07 Å². The summed E-state index contributed by atoms with van der Waals surface area (Å²) in [6.07, 6.45) is 0.681. The predicted octanol–water partition coefficient (Wildman–Crippen LogP) is 1.42. The van der Waals surface area contributed by atoms with Gasteiger partial charge >= 0.3 is 0 Å². The first-order valence-electron chi connectivity index (χ1n) is 6.42. The van der Waals surface area contributed by atoms with E-state index in [9.17, 15) is 9.59 Å². The van der Waals surface area contributed by atoms with Crippen molar-refractivity contribution in [2.45, 2.75) is 26.3 Å². The first-order chi connectivity index (χ1) is 9.04. The van der Waals surface area contributed by atoms with E-state index in [0.29, 0.717) is 17.7 Å². The molecule has 1 aromatic rings. The first-order valence-corrected chi connectivity index (χ1v) is 6.42. The van der Waals surface area contributed by atoms with Gasteiger partial charge in [0, 0.05) is 24.9 Å². The summed E-state index contributed by atoms with van der Waals surface area (Å²) in [5, 5.41) is 11.5. The summed E-state index contributed by atoms with van der Waals surface area (Å²) in [7, 11) is 0. The summed E-state index contributed by atoms with van der Waals surface area (Å²) in [5.74, 6) is -1.05. The lowest BCUT2D eigenvalue weighted by Gasteiger charge is -2.29. The number of amides is 1. The standard InChI is InChI=1S/C14H18N2O3/c1-9(2)16(6-3-7-17)10-4-5-11-12(8-10)15-14(19)13(11)18/h4-5,8-9,17H,3,6-7H2,1-2H3,(H,15,18,19). The number of nitrogens with one attached hydrogen (secondary N) is 1. The molecule has 0 bridgehead atoms. The Morgan fingerprint density at radius 3 is 2.68 bits per heavy atom. The minimum atomic E-state index is -0.571. The molecule has 19 heavy (non-hydrogen) atoms. The predicted molar refractivity (Wildman–Crippen MR) is 73.6 cm³/mol. The minimum Gasteiger partial charge on any atom is -0.396 e. The highest BCUT2D eigenvalue weighted by Gasteiger charge is 2.28. The Kier molecular flexibility index (Phi) is 3.85. The van der Waals surface area contributed by atoms with Gasteiger partial charge in [-0.05, 0) is 38.5 Å². The largest absolute Gasteiger partial charge is 0.396 e. The Morgan fingerprint density at radius 1 is 1.32 bits per heavy atom. The number of fused-ring (bicyclic) bond motifs is 1. The molecule has 0 atom stereocenters. The maximum Gasteiger partial charge on any atom is 0.296 e. The van der Waals surface area contributed by atoms with Crippen LogP contribution in [-0.4, -0.2) is 36.0 Å². The van der Waals surface area contributed by atoms with Crippen molar-refractivity contribution >= 4 is 23.1 Å². The van der Waals surface area contributed by atoms with E-state index >= 15 is 0 Å². The summed E-state index contributed by atoms with van der Waals surface area (Å²) >= 11 is 0. The van der Waals surface area contributed by atoms with Crippen LogP contribution in [0.1, 0.15) is 30.6 Å². The van der Waals surface area contributed by atoms with E-state index in [-0.39, 0.29) is 12.6 Å². The number of Topliss-reactive ketones (excluding diaryl/α,β-unsaturated/α-hetero) is 1. The molecule has 5 heteroatoms. The summed E-state index contributed by atoms with van der Waals surface area (Å²) in [4.78, 5) is 25.0. The third-order valence-corrected chi connectivity index (χ3v) is 3.21. The summed E-state index contributed by atoms with van der Waals surface area (Å²) in [5.41, 5.74) is 1.94. The number of aliphatic hydroxyl groups is 1. The Balaban J connectivity index is 2.28. The second-order valence-electron chi connectivity index (χ2n) is 4.88. The minimum absolute atomic E-state index is 0.142. The Labute approximate surface area is 112 Å². The molecule has 0 aliphatic carbocycles. The lowest BCUT2D eigenvalue weighted by atomic mass is 10.1. The summed E-state index contributed by atoms with van der Waals surface area (Å²) in [6, 6.07) is 5.61. The van der Waals surface area contributed by atoms with Crippen LogP contribution in [0, 0.1) is 0 Å². The van der Waals surface area contributed by atoms with Crippen molar-refractivity contribution in [3.8, 4) is 0 Å². The number of benzene rings is 1. The summed E-state index contributed by atoms with van der Waals surface area (Å²) < 4.78 is 0. The Morgan fingerprint density at radius 2 is 2.05 bits per heavy atom. The zero-order chi connectivity index (χ0) is 14.0. The number of rotatable bonds is 5. The zero-order valence-corrected chi connectivity index (χ0v) is 11.1. The molecule has 0 radical (unpaired) electrons. The molecule has 1 amide bonds. The molecular formula is C14H18N2O3. The van der Waals surface area contributed by atoms with Gasteiger partial charge in [-0.15, -0.1) is 0 Å². The molecule has 0 spiro atoms. The number of carbonyl (C=O) groups excluding carboxylic acids is 2. The fraction of sp³-hybridized carbons (Fsp3) is 0.429. The van der Waals surface area contributed by atoms with Crippen molar-refractivity contribution in [2.75, 3.05) is 23.4 Å². The third kappa shape index (κ3) is 2.61. The highest BCUT2D eigenvalue weighted by atomic mass is 16.3. The van der Waals surface area contributed by atoms with Gasteiger partial charge in [-0.1, -0.05) is 0 Å². The fourth-order valence-electron chi connectivity index (χ4n) is 2.24. The van der Waals surface area contributed by atoms with Crippen molar-refractivity contribution in [3.63, 3.8) is 0 Å². The molecule has 0 aromatic heterocycles. The van der Waals surface area contributed by atoms with Crippen molar-refractivity contribution in [1.82, 2.24) is 0 Å². The van der Waals surface area contributed by atoms with Crippen LogP contribution in [0.4, 0.5) is 11.4 Å². The number of carbonyl (C=O) groups is 2. The molecule has 2 rings (SSSR count). The van der Waals surface area contributed by atoms with Gasteiger partial charge in [0.15, 0.2) is 0 Å². The van der Waals surface area contributed by atoms with Gasteiger partial charge in [-0.3, -0.25) is 9.59 Å². The monoisotopic (exact) mass is 262 g/mol. The number of anilines is 2. The molecule has 2 N–H and O–H groups in total. The van der Waals surface area contributed by atoms with Crippen LogP contribution in [0.2, 0.25) is 0 Å². The average Bonchev–Trinajstić information content (AvgIpc) is 2.65. The SMILES string of the molecule is CC(C)N(CCCO)c1ccc2c(c1)NC(=O)C2=O. The van der Waals surface area contributed by atoms with E-state index in [1.807, 2.05) is 12.1 Å². The Bertz CT molecular complexity index is 511. The lowest BCUT2D eigenvalue weighted by molar-refractivity contribution is -0.112. The molecule has 0 saturated heterocycles. The number of hydrogen-bond donors (Lipinski definition) is 2. The van der Waals surface area contributed by atoms with Crippen LogP contribution in [-0.2, 0) is 4.79 Å². The normalized spacial score (nSPS) is 13.7. The molecule has 0 fully saturated rings. The van der Waals surface area contributed by atoms with Crippen molar-refractivity contribution < 1.29 is 14.7 Å². The van der Waals surface area contributed by atoms with Crippen LogP contribution >= 0.6 is 0 Å². The van der Waals surface area contributed by atoms with Gasteiger partial charge in [0.05, 0.1) is 11.3 Å². The maximum absolute atomic E-state index is 11.5. The smallest absolute Gasteiger partial charge is 0.296 e. The molecule has 1 aliphatic rings. The molecule has 102 valence electrons. The van der Waals surface area contributed by atoms with Crippen LogP contribution in [0.25, 0.3) is 0 Å². The van der Waals surface area contributed by atoms with E-state index < -0.39 is 11.7 Å². The third-order valence-electron chi connectivity index (χ3n) is 3.21. The molecule has 0 unspecified atom stereocenters. The van der Waals surface area contributed by atoms with Crippen LogP contribution in [0.3, 0.4) is 0 Å². The van der Waals surface area contributed by atoms with Gasteiger partial charge in [0.25, 0.3) is 11.7 Å². The van der Waals surface area contributed by atoms with E-state index in [4.69, 9.17) is 5.11 Å². The van der Waals surface area contributed by atoms with Gasteiger partial charge in [-0.25, -0.2) is 0 Å². The quantitative estimate of drug-likeness (QED) is 0.787. The van der Waals surface area contributed by atoms with Gasteiger partial charge in [-0.2, -0.15) is 0 Å². The highest BCUT2D eigenvalue weighted by molar-refractivity contribution is 6.51. The molecule has 1 aromatic carbocycles. The van der Waals surface area contributed by atoms with E-state index in [1.165, 1.54) is 0 Å². The molecule has 1 heterocycles. The fourth-order valence-corrected chi connectivity index (χ4v) is 2.24. The van der Waals surface area contributed by atoms with Crippen molar-refractivity contribution in [1.29, 1.82) is 0 Å². The second kappa shape index (κ2) is 5.40. The summed E-state index contributed by atoms with van der Waals surface area (Å²) in [6.45, 7) is 5.00. The highest BCUT2D eigenvalue weighted by Crippen LogP contribution is 2.29. The topological polar surface area (TPSA) is 69.6 Å². The zero-order valence-electron chi connectivity index (χ0n) is 11.1. The van der Waals surface area contributed by atoms with Gasteiger partial charge < -0.3 is 15.3 Å². The molecule has 0 saturated carbocycles. The van der Waals surface area contributed by atoms with Crippen molar-refractivity contribution in [3.05, 3.63) is 23.8 Å². The van der Waals surface area contributed by atoms with E-state index in [2.05, 4.69) is 24.1 Å². The van der Waals surface area contributed by atoms with Crippen LogP contribution < -0.4 is 10.2 Å². The first kappa shape index (κ1) is 13.5. The number of aliphatic hydroxyl groups excluding tert-OH is 1. The number of nitrogens with zero attached hydrogens (tertiary/aromatic N) is 1. The maximum atomic E-state index is 11.5. The van der Waals surface area contributed by atoms with Crippen molar-refractivity contribution in [2.24, 2.45) is 0 Å². The van der Waals surface area contributed by atoms with Gasteiger partial charge in [0.1, 0.15) is 0 Å².